The second-order valence-electron chi connectivity index (χ2n) is 2.30. The molecular weight excluding hydrogens is 189 g/mol. The van der Waals surface area contributed by atoms with Crippen LogP contribution in [0.25, 0.3) is 0 Å². The molecule has 0 radical (unpaired) electrons. The van der Waals surface area contributed by atoms with Crippen molar-refractivity contribution in [1.82, 2.24) is 4.90 Å². The molecule has 1 unspecified atom stereocenters. The molecule has 1 rings (SSSR count). The van der Waals surface area contributed by atoms with Gasteiger partial charge in [-0.15, -0.1) is 0 Å². The number of likely N-dealkylation sites (N-methyl/N-ethyl adjacent to an activating group) is 1. The summed E-state index contributed by atoms with van der Waals surface area (Å²) >= 11 is 0. The molecule has 1 atom stereocenters. The maximum atomic E-state index is 10.9. The summed E-state index contributed by atoms with van der Waals surface area (Å²) in [6.45, 7) is -0.402. The molecule has 7 heteroatoms. The molecule has 1 aliphatic rings. The Balaban J connectivity index is 0.00000144. The van der Waals surface area contributed by atoms with Crippen molar-refractivity contribution in [1.29, 1.82) is 0 Å². The average molecular weight is 195 g/mol. The van der Waals surface area contributed by atoms with Crippen LogP contribution in [0.15, 0.2) is 0 Å². The number of morpholine rings is 1. The molecule has 1 aliphatic heterocycles. The molecule has 1 heterocycles. The van der Waals surface area contributed by atoms with E-state index in [0.717, 1.165) is 0 Å². The van der Waals surface area contributed by atoms with E-state index in [-0.39, 0.29) is 29.6 Å². The number of nitrogens with zero attached hydrogens (tertiary/aromatic N) is 1. The van der Waals surface area contributed by atoms with Gasteiger partial charge in [0.05, 0.1) is 5.97 Å². The molecule has 0 spiro atoms. The second-order valence-corrected chi connectivity index (χ2v) is 2.30. The van der Waals surface area contributed by atoms with Gasteiger partial charge in [0.25, 0.3) is 11.8 Å². The molecule has 0 aromatic rings. The Labute approximate surface area is 96.1 Å². The molecule has 0 bridgehead atoms. The first-order valence-electron chi connectivity index (χ1n) is 3.17. The zero-order valence-corrected chi connectivity index (χ0v) is 9.27. The summed E-state index contributed by atoms with van der Waals surface area (Å²) in [7, 11) is 1.20. The minimum absolute atomic E-state index is 0. The van der Waals surface area contributed by atoms with Crippen molar-refractivity contribution in [2.45, 2.75) is 6.10 Å². The summed E-state index contributed by atoms with van der Waals surface area (Å²) in [5, 5.41) is 10.2. The van der Waals surface area contributed by atoms with Gasteiger partial charge in [0, 0.05) is 7.05 Å². The molecule has 6 nitrogen and oxygen atoms in total. The van der Waals surface area contributed by atoms with Crippen LogP contribution >= 0.6 is 0 Å². The summed E-state index contributed by atoms with van der Waals surface area (Å²) in [6, 6.07) is 0. The molecule has 66 valence electrons. The third-order valence-corrected chi connectivity index (χ3v) is 1.52. The van der Waals surface area contributed by atoms with Crippen molar-refractivity contribution in [2.75, 3.05) is 13.7 Å². The molecule has 0 saturated carbocycles. The van der Waals surface area contributed by atoms with Crippen LogP contribution < -0.4 is 34.7 Å². The van der Waals surface area contributed by atoms with E-state index in [1.807, 2.05) is 0 Å². The van der Waals surface area contributed by atoms with E-state index in [4.69, 9.17) is 0 Å². The van der Waals surface area contributed by atoms with Crippen LogP contribution in [0.4, 0.5) is 0 Å². The van der Waals surface area contributed by atoms with E-state index < -0.39 is 30.5 Å². The van der Waals surface area contributed by atoms with Crippen LogP contribution in [-0.4, -0.2) is 42.4 Å². The van der Waals surface area contributed by atoms with Gasteiger partial charge in [-0.1, -0.05) is 0 Å². The summed E-state index contributed by atoms with van der Waals surface area (Å²) in [4.78, 5) is 32.6. The van der Waals surface area contributed by atoms with Crippen molar-refractivity contribution < 1.29 is 53.8 Å². The number of amides is 2. The molecule has 1 fully saturated rings. The smallest absolute Gasteiger partial charge is 0.547 e. The Hall–Kier alpha value is -0.430. The molecule has 0 aromatic carbocycles. The van der Waals surface area contributed by atoms with E-state index in [1.165, 1.54) is 7.05 Å². The number of hydrogen-bond donors (Lipinski definition) is 0. The number of hydrogen-bond acceptors (Lipinski definition) is 5. The van der Waals surface area contributed by atoms with Gasteiger partial charge in [-0.3, -0.25) is 14.5 Å². The molecule has 13 heavy (non-hydrogen) atoms. The number of ether oxygens (including phenoxy) is 1. The first-order valence-corrected chi connectivity index (χ1v) is 3.17. The Morgan fingerprint density at radius 3 is 2.62 bits per heavy atom. The number of carboxylic acid groups (broad SMARTS) is 1. The minimum atomic E-state index is -1.65. The average Bonchev–Trinajstić information content (AvgIpc) is 2.00. The molecular formula is C6H6NNaO5. The van der Waals surface area contributed by atoms with Crippen LogP contribution in [0.1, 0.15) is 0 Å². The summed E-state index contributed by atoms with van der Waals surface area (Å²) in [5.74, 6) is -3.08. The third-order valence-electron chi connectivity index (χ3n) is 1.52. The Bertz CT molecular complexity index is 253. The number of carbonyl (C=O) groups excluding carboxylic acids is 3. The van der Waals surface area contributed by atoms with Crippen LogP contribution in [-0.2, 0) is 19.1 Å². The zero-order chi connectivity index (χ0) is 9.30. The Kier molecular flexibility index (Phi) is 4.55. The summed E-state index contributed by atoms with van der Waals surface area (Å²) < 4.78 is 4.43. The molecule has 0 aliphatic carbocycles. The molecule has 0 aromatic heterocycles. The first kappa shape index (κ1) is 12.6. The number of imide groups is 1. The first-order chi connectivity index (χ1) is 5.54. The summed E-state index contributed by atoms with van der Waals surface area (Å²) in [6.07, 6.45) is -1.65. The normalized spacial score (nSPS) is 22.5. The van der Waals surface area contributed by atoms with Gasteiger partial charge >= 0.3 is 29.6 Å². The largest absolute Gasteiger partial charge is 1.00 e. The van der Waals surface area contributed by atoms with Gasteiger partial charge in [-0.05, 0) is 0 Å². The zero-order valence-electron chi connectivity index (χ0n) is 7.27. The standard InChI is InChI=1S/C6H7NO5.Na/c1-7-3(8)2-12-4(5(7)9)6(10)11;/h4H,2H2,1H3,(H,10,11);/q;+1/p-1. The van der Waals surface area contributed by atoms with E-state index in [2.05, 4.69) is 4.74 Å². The number of carbonyl (C=O) groups is 3. The predicted octanol–water partition coefficient (Wildman–Crippen LogP) is -5.88. The Morgan fingerprint density at radius 2 is 2.15 bits per heavy atom. The van der Waals surface area contributed by atoms with E-state index in [9.17, 15) is 19.5 Å². The number of carboxylic acids is 1. The molecule has 1 saturated heterocycles. The van der Waals surface area contributed by atoms with Gasteiger partial charge in [0.1, 0.15) is 6.61 Å². The minimum Gasteiger partial charge on any atom is -0.547 e. The van der Waals surface area contributed by atoms with Gasteiger partial charge in [0.15, 0.2) is 6.10 Å². The second kappa shape index (κ2) is 4.71. The molecule has 2 amide bonds. The fourth-order valence-electron chi connectivity index (χ4n) is 0.790. The monoisotopic (exact) mass is 195 g/mol. The fourth-order valence-corrected chi connectivity index (χ4v) is 0.790. The van der Waals surface area contributed by atoms with Crippen LogP contribution in [0.5, 0.6) is 0 Å². The summed E-state index contributed by atoms with van der Waals surface area (Å²) in [5.41, 5.74) is 0. The molecule has 0 N–H and O–H groups in total. The van der Waals surface area contributed by atoms with Gasteiger partial charge in [-0.2, -0.15) is 0 Å². The van der Waals surface area contributed by atoms with Crippen molar-refractivity contribution in [3.05, 3.63) is 0 Å². The third kappa shape index (κ3) is 2.50. The predicted molar refractivity (Wildman–Crippen MR) is 32.5 cm³/mol. The van der Waals surface area contributed by atoms with Crippen LogP contribution in [0.3, 0.4) is 0 Å². The number of rotatable bonds is 1. The van der Waals surface area contributed by atoms with Gasteiger partial charge in [-0.25, -0.2) is 0 Å². The van der Waals surface area contributed by atoms with Crippen molar-refractivity contribution in [2.24, 2.45) is 0 Å². The van der Waals surface area contributed by atoms with Crippen molar-refractivity contribution in [3.63, 3.8) is 0 Å². The van der Waals surface area contributed by atoms with Crippen LogP contribution in [0, 0.1) is 0 Å². The number of aliphatic carboxylic acids is 1. The quantitative estimate of drug-likeness (QED) is 0.236. The van der Waals surface area contributed by atoms with E-state index in [1.54, 1.807) is 0 Å². The van der Waals surface area contributed by atoms with Gasteiger partial charge < -0.3 is 14.6 Å². The maximum absolute atomic E-state index is 10.9. The topological polar surface area (TPSA) is 86.7 Å². The van der Waals surface area contributed by atoms with Crippen molar-refractivity contribution >= 4 is 17.8 Å². The fraction of sp³-hybridized carbons (Fsp3) is 0.500. The van der Waals surface area contributed by atoms with Crippen LogP contribution in [0.2, 0.25) is 0 Å². The van der Waals surface area contributed by atoms with E-state index in [0.29, 0.717) is 4.90 Å². The maximum Gasteiger partial charge on any atom is 1.00 e. The van der Waals surface area contributed by atoms with Gasteiger partial charge in [0.2, 0.25) is 0 Å². The Morgan fingerprint density at radius 1 is 1.62 bits per heavy atom. The SMILES string of the molecule is CN1C(=O)COC(C(=O)[O-])C1=O.[Na+]. The van der Waals surface area contributed by atoms with E-state index >= 15 is 0 Å². The van der Waals surface area contributed by atoms with Crippen molar-refractivity contribution in [3.8, 4) is 0 Å².